The van der Waals surface area contributed by atoms with Crippen molar-refractivity contribution in [1.29, 1.82) is 0 Å². The minimum Gasteiger partial charge on any atom is -0.320 e. The highest BCUT2D eigenvalue weighted by atomic mass is 32.2. The fourth-order valence-corrected chi connectivity index (χ4v) is 3.98. The molecule has 1 aliphatic carbocycles. The van der Waals surface area contributed by atoms with E-state index in [0.717, 1.165) is 10.9 Å². The number of aryl methyl sites for hydroxylation is 1. The Balaban J connectivity index is 2.11. The van der Waals surface area contributed by atoms with Gasteiger partial charge in [-0.05, 0) is 33.6 Å². The molecule has 1 atom stereocenters. The van der Waals surface area contributed by atoms with Crippen LogP contribution in [0.25, 0.3) is 0 Å². The molecule has 1 aromatic rings. The zero-order valence-electron chi connectivity index (χ0n) is 14.3. The quantitative estimate of drug-likeness (QED) is 0.654. The highest BCUT2D eigenvalue weighted by Crippen LogP contribution is 2.35. The first-order chi connectivity index (χ1) is 10.9. The van der Waals surface area contributed by atoms with Gasteiger partial charge in [-0.15, -0.1) is 0 Å². The summed E-state index contributed by atoms with van der Waals surface area (Å²) in [6.45, 7) is 7.30. The van der Waals surface area contributed by atoms with E-state index in [9.17, 15) is 9.59 Å². The van der Waals surface area contributed by atoms with Gasteiger partial charge in [0.25, 0.3) is 5.91 Å². The second-order valence-corrected chi connectivity index (χ2v) is 7.47. The van der Waals surface area contributed by atoms with Gasteiger partial charge in [-0.2, -0.15) is 0 Å². The molecule has 0 aromatic carbocycles. The summed E-state index contributed by atoms with van der Waals surface area (Å²) in [6, 6.07) is 0.484. The first-order valence-corrected chi connectivity index (χ1v) is 9.06. The number of aromatic nitrogens is 2. The predicted molar refractivity (Wildman–Crippen MR) is 91.1 cm³/mol. The molecule has 1 heterocycles. The van der Waals surface area contributed by atoms with E-state index in [2.05, 4.69) is 27.3 Å². The fourth-order valence-electron chi connectivity index (χ4n) is 2.91. The maximum Gasteiger partial charge on any atom is 0.251 e. The third-order valence-electron chi connectivity index (χ3n) is 4.31. The standard InChI is InChI=1S/C16H26N4O2S/c1-10-11(2)20(14-8-6-5-7-9-14)16(17-10)23-12(3)15(22)19-18-13(4)21/h12,14H,5-9H2,1-4H3,(H,18,21)(H,19,22)/t12-/m1/s1. The smallest absolute Gasteiger partial charge is 0.251 e. The van der Waals surface area contributed by atoms with Crippen molar-refractivity contribution < 1.29 is 9.59 Å². The van der Waals surface area contributed by atoms with Crippen LogP contribution < -0.4 is 10.9 Å². The molecule has 2 amide bonds. The molecule has 1 saturated carbocycles. The van der Waals surface area contributed by atoms with Crippen molar-refractivity contribution in [1.82, 2.24) is 20.4 Å². The Hall–Kier alpha value is -1.50. The van der Waals surface area contributed by atoms with Crippen LogP contribution in [0.1, 0.15) is 63.4 Å². The van der Waals surface area contributed by atoms with E-state index >= 15 is 0 Å². The molecular weight excluding hydrogens is 312 g/mol. The molecule has 0 radical (unpaired) electrons. The van der Waals surface area contributed by atoms with Crippen molar-refractivity contribution in [3.8, 4) is 0 Å². The number of hydrogen-bond donors (Lipinski definition) is 2. The van der Waals surface area contributed by atoms with E-state index in [1.807, 2.05) is 13.8 Å². The van der Waals surface area contributed by atoms with E-state index in [0.29, 0.717) is 6.04 Å². The lowest BCUT2D eigenvalue weighted by Gasteiger charge is -2.26. The lowest BCUT2D eigenvalue weighted by molar-refractivity contribution is -0.127. The molecule has 1 aliphatic rings. The van der Waals surface area contributed by atoms with E-state index < -0.39 is 0 Å². The summed E-state index contributed by atoms with van der Waals surface area (Å²) in [5.41, 5.74) is 6.96. The van der Waals surface area contributed by atoms with Crippen LogP contribution in [0.4, 0.5) is 0 Å². The lowest BCUT2D eigenvalue weighted by atomic mass is 9.95. The SMILES string of the molecule is CC(=O)NNC(=O)[C@@H](C)Sc1nc(C)c(C)n1C1CCCCC1. The number of amides is 2. The first-order valence-electron chi connectivity index (χ1n) is 8.18. The number of imidazole rings is 1. The van der Waals surface area contributed by atoms with Crippen LogP contribution in [-0.4, -0.2) is 26.6 Å². The van der Waals surface area contributed by atoms with Gasteiger partial charge in [0, 0.05) is 18.7 Å². The maximum absolute atomic E-state index is 12.0. The molecule has 7 heteroatoms. The molecule has 1 aromatic heterocycles. The summed E-state index contributed by atoms with van der Waals surface area (Å²) in [5, 5.41) is 0.572. The number of nitrogens with one attached hydrogen (secondary N) is 2. The lowest BCUT2D eigenvalue weighted by Crippen LogP contribution is -2.44. The zero-order chi connectivity index (χ0) is 17.0. The maximum atomic E-state index is 12.0. The van der Waals surface area contributed by atoms with E-state index in [1.54, 1.807) is 0 Å². The molecular formula is C16H26N4O2S. The van der Waals surface area contributed by atoms with Gasteiger partial charge in [0.05, 0.1) is 10.9 Å². The number of carbonyl (C=O) groups is 2. The molecule has 2 rings (SSSR count). The van der Waals surface area contributed by atoms with Crippen molar-refractivity contribution in [2.24, 2.45) is 0 Å². The second kappa shape index (κ2) is 7.86. The molecule has 23 heavy (non-hydrogen) atoms. The van der Waals surface area contributed by atoms with Crippen LogP contribution in [0, 0.1) is 13.8 Å². The van der Waals surface area contributed by atoms with Crippen LogP contribution in [0.5, 0.6) is 0 Å². The predicted octanol–water partition coefficient (Wildman–Crippen LogP) is 2.65. The molecule has 0 spiro atoms. The minimum absolute atomic E-state index is 0.223. The van der Waals surface area contributed by atoms with Gasteiger partial charge in [-0.1, -0.05) is 31.0 Å². The number of nitrogens with zero attached hydrogens (tertiary/aromatic N) is 2. The summed E-state index contributed by atoms with van der Waals surface area (Å²) in [6.07, 6.45) is 6.17. The van der Waals surface area contributed by atoms with Crippen LogP contribution in [0.2, 0.25) is 0 Å². The third kappa shape index (κ3) is 4.50. The topological polar surface area (TPSA) is 76.0 Å². The van der Waals surface area contributed by atoms with Crippen LogP contribution in [-0.2, 0) is 9.59 Å². The van der Waals surface area contributed by atoms with Crippen molar-refractivity contribution in [2.75, 3.05) is 0 Å². The van der Waals surface area contributed by atoms with Crippen molar-refractivity contribution in [2.45, 2.75) is 76.2 Å². The second-order valence-electron chi connectivity index (χ2n) is 6.16. The molecule has 1 fully saturated rings. The summed E-state index contributed by atoms with van der Waals surface area (Å²) in [4.78, 5) is 27.6. The summed E-state index contributed by atoms with van der Waals surface area (Å²) < 4.78 is 2.31. The number of thioether (sulfide) groups is 1. The average molecular weight is 338 g/mol. The minimum atomic E-state index is -0.328. The van der Waals surface area contributed by atoms with Crippen LogP contribution in [0.3, 0.4) is 0 Å². The Bertz CT molecular complexity index is 579. The van der Waals surface area contributed by atoms with Gasteiger partial charge in [-0.25, -0.2) is 4.98 Å². The van der Waals surface area contributed by atoms with Crippen molar-refractivity contribution >= 4 is 23.6 Å². The Labute approximate surface area is 141 Å². The summed E-state index contributed by atoms with van der Waals surface area (Å²) in [7, 11) is 0. The largest absolute Gasteiger partial charge is 0.320 e. The number of carbonyl (C=O) groups excluding carboxylic acids is 2. The third-order valence-corrected chi connectivity index (χ3v) is 5.37. The molecule has 2 N–H and O–H groups in total. The Morgan fingerprint density at radius 1 is 1.22 bits per heavy atom. The molecule has 0 bridgehead atoms. The van der Waals surface area contributed by atoms with Gasteiger partial charge >= 0.3 is 0 Å². The zero-order valence-corrected chi connectivity index (χ0v) is 15.1. The van der Waals surface area contributed by atoms with Gasteiger partial charge in [-0.3, -0.25) is 20.4 Å². The fraction of sp³-hybridized carbons (Fsp3) is 0.688. The normalized spacial score (nSPS) is 16.9. The highest BCUT2D eigenvalue weighted by molar-refractivity contribution is 8.00. The van der Waals surface area contributed by atoms with Crippen LogP contribution in [0.15, 0.2) is 5.16 Å². The Kier molecular flexibility index (Phi) is 6.10. The van der Waals surface area contributed by atoms with Gasteiger partial charge in [0.1, 0.15) is 0 Å². The van der Waals surface area contributed by atoms with E-state index in [1.165, 1.54) is 56.5 Å². The van der Waals surface area contributed by atoms with Crippen LogP contribution >= 0.6 is 11.8 Å². The first kappa shape index (κ1) is 17.8. The summed E-state index contributed by atoms with van der Waals surface area (Å²) >= 11 is 1.45. The van der Waals surface area contributed by atoms with E-state index in [-0.39, 0.29) is 17.1 Å². The Morgan fingerprint density at radius 2 is 1.87 bits per heavy atom. The molecule has 0 unspecified atom stereocenters. The average Bonchev–Trinajstić information content (AvgIpc) is 2.80. The van der Waals surface area contributed by atoms with Crippen molar-refractivity contribution in [3.05, 3.63) is 11.4 Å². The molecule has 0 saturated heterocycles. The van der Waals surface area contributed by atoms with E-state index in [4.69, 9.17) is 0 Å². The Morgan fingerprint density at radius 3 is 2.48 bits per heavy atom. The highest BCUT2D eigenvalue weighted by Gasteiger charge is 2.25. The molecule has 6 nitrogen and oxygen atoms in total. The van der Waals surface area contributed by atoms with Crippen molar-refractivity contribution in [3.63, 3.8) is 0 Å². The molecule has 128 valence electrons. The summed E-state index contributed by atoms with van der Waals surface area (Å²) in [5.74, 6) is -0.510. The van der Waals surface area contributed by atoms with Gasteiger partial charge in [0.15, 0.2) is 5.16 Å². The van der Waals surface area contributed by atoms with Gasteiger partial charge in [0.2, 0.25) is 5.91 Å². The monoisotopic (exact) mass is 338 g/mol. The molecule has 0 aliphatic heterocycles. The number of rotatable bonds is 4. The van der Waals surface area contributed by atoms with Gasteiger partial charge < -0.3 is 4.57 Å². The number of hydrogen-bond acceptors (Lipinski definition) is 4. The number of hydrazine groups is 1.